The van der Waals surface area contributed by atoms with Crippen molar-refractivity contribution in [3.05, 3.63) is 0 Å². The Balaban J connectivity index is 3.02. The summed E-state index contributed by atoms with van der Waals surface area (Å²) in [6, 6.07) is -1.26. The summed E-state index contributed by atoms with van der Waals surface area (Å²) in [5.74, 6) is -0.814. The van der Waals surface area contributed by atoms with Gasteiger partial charge < -0.3 is 40.1 Å². The molecule has 12 heteroatoms. The Labute approximate surface area is 334 Å². The Kier molecular flexibility index (Phi) is 31.5. The summed E-state index contributed by atoms with van der Waals surface area (Å²) < 4.78 is 11.4. The number of amides is 2. The lowest BCUT2D eigenvalue weighted by Gasteiger charge is -2.41. The molecule has 0 aromatic heterocycles. The van der Waals surface area contributed by atoms with Gasteiger partial charge in [0.15, 0.2) is 6.29 Å². The standard InChI is InChI=1S/C43H84N2O10/c1-4-7-10-13-15-17-18-19-20-21-24-26-29-35(47)39(50)34(33-54-43-42(53)41(52)40(51)36(32-46)55-43)45(44-37(48)30-27-23-12-9-6-3)38(49)31-28-25-22-16-14-11-8-5-2/h34-36,39-43,46-47,50-53H,4-33H2,1-3H3,(H,44,48)/t34-,35+,36+,39-,40-,41-,42+,43-/m0/s1. The smallest absolute Gasteiger partial charge is 0.241 e. The summed E-state index contributed by atoms with van der Waals surface area (Å²) in [6.45, 7) is 5.41. The third kappa shape index (κ3) is 23.0. The minimum absolute atomic E-state index is 0.115. The van der Waals surface area contributed by atoms with Crippen LogP contribution >= 0.6 is 0 Å². The van der Waals surface area contributed by atoms with Gasteiger partial charge in [0.05, 0.1) is 19.3 Å². The van der Waals surface area contributed by atoms with Crippen LogP contribution < -0.4 is 5.43 Å². The van der Waals surface area contributed by atoms with E-state index in [1.54, 1.807) is 0 Å². The van der Waals surface area contributed by atoms with E-state index in [4.69, 9.17) is 9.47 Å². The van der Waals surface area contributed by atoms with E-state index in [0.717, 1.165) is 75.6 Å². The summed E-state index contributed by atoms with van der Waals surface area (Å²) in [4.78, 5) is 27.2. The van der Waals surface area contributed by atoms with Crippen LogP contribution in [0.3, 0.4) is 0 Å². The SMILES string of the molecule is CCCCCCCCCCCCCC[C@@H](O)[C@@H](O)[C@H](CO[C@H]1O[C@H](CO)[C@H](O)[C@H](O)[C@H]1O)N(NC(=O)CCCCCCC)C(=O)CCCCCCCCCC. The average Bonchev–Trinajstić information content (AvgIpc) is 3.18. The van der Waals surface area contributed by atoms with E-state index < -0.39 is 68.1 Å². The number of nitrogens with zero attached hydrogens (tertiary/aromatic N) is 1. The van der Waals surface area contributed by atoms with Crippen molar-refractivity contribution in [2.45, 2.75) is 250 Å². The van der Waals surface area contributed by atoms with Crippen molar-refractivity contribution in [3.8, 4) is 0 Å². The number of hydrogen-bond donors (Lipinski definition) is 7. The second kappa shape index (κ2) is 33.6. The van der Waals surface area contributed by atoms with E-state index in [1.807, 2.05) is 0 Å². The first-order valence-electron chi connectivity index (χ1n) is 22.5. The second-order valence-electron chi connectivity index (χ2n) is 16.0. The van der Waals surface area contributed by atoms with Crippen LogP contribution in [0.4, 0.5) is 0 Å². The molecule has 326 valence electrons. The zero-order chi connectivity index (χ0) is 40.7. The first kappa shape index (κ1) is 51.6. The fourth-order valence-corrected chi connectivity index (χ4v) is 7.29. The lowest BCUT2D eigenvalue weighted by atomic mass is 9.98. The predicted molar refractivity (Wildman–Crippen MR) is 217 cm³/mol. The number of nitrogens with one attached hydrogen (secondary N) is 1. The zero-order valence-electron chi connectivity index (χ0n) is 35.1. The molecule has 7 N–H and O–H groups in total. The molecule has 0 bridgehead atoms. The Morgan fingerprint density at radius 1 is 0.618 bits per heavy atom. The monoisotopic (exact) mass is 789 g/mol. The van der Waals surface area contributed by atoms with Gasteiger partial charge in [-0.15, -0.1) is 0 Å². The van der Waals surface area contributed by atoms with Crippen LogP contribution in [0.2, 0.25) is 0 Å². The highest BCUT2D eigenvalue weighted by Crippen LogP contribution is 2.24. The predicted octanol–water partition coefficient (Wildman–Crippen LogP) is 6.74. The summed E-state index contributed by atoms with van der Waals surface area (Å²) >= 11 is 0. The Morgan fingerprint density at radius 2 is 1.05 bits per heavy atom. The maximum Gasteiger partial charge on any atom is 0.241 e. The Morgan fingerprint density at radius 3 is 1.53 bits per heavy atom. The average molecular weight is 789 g/mol. The van der Waals surface area contributed by atoms with E-state index in [9.17, 15) is 40.2 Å². The highest BCUT2D eigenvalue weighted by atomic mass is 16.7. The molecule has 1 fully saturated rings. The molecule has 1 heterocycles. The van der Waals surface area contributed by atoms with Gasteiger partial charge in [0.1, 0.15) is 36.6 Å². The van der Waals surface area contributed by atoms with Gasteiger partial charge in [-0.1, -0.05) is 168 Å². The normalized spacial score (nSPS) is 21.7. The van der Waals surface area contributed by atoms with Crippen LogP contribution in [-0.4, -0.2) is 110 Å². The van der Waals surface area contributed by atoms with Crippen molar-refractivity contribution in [2.24, 2.45) is 0 Å². The van der Waals surface area contributed by atoms with Gasteiger partial charge in [-0.25, -0.2) is 5.01 Å². The third-order valence-corrected chi connectivity index (χ3v) is 11.0. The third-order valence-electron chi connectivity index (χ3n) is 11.0. The largest absolute Gasteiger partial charge is 0.394 e. The van der Waals surface area contributed by atoms with Crippen molar-refractivity contribution in [3.63, 3.8) is 0 Å². The van der Waals surface area contributed by atoms with Crippen molar-refractivity contribution in [1.82, 2.24) is 10.4 Å². The molecule has 0 aliphatic carbocycles. The number of aliphatic hydroxyl groups excluding tert-OH is 6. The number of hydrogen-bond acceptors (Lipinski definition) is 10. The van der Waals surface area contributed by atoms with E-state index in [2.05, 4.69) is 26.2 Å². The fourth-order valence-electron chi connectivity index (χ4n) is 7.29. The van der Waals surface area contributed by atoms with Gasteiger partial charge in [-0.3, -0.25) is 15.0 Å². The van der Waals surface area contributed by atoms with Crippen molar-refractivity contribution < 1.29 is 49.7 Å². The molecule has 0 spiro atoms. The minimum Gasteiger partial charge on any atom is -0.394 e. The molecule has 0 unspecified atom stereocenters. The molecule has 55 heavy (non-hydrogen) atoms. The van der Waals surface area contributed by atoms with Crippen molar-refractivity contribution >= 4 is 11.8 Å². The number of ether oxygens (including phenoxy) is 2. The van der Waals surface area contributed by atoms with E-state index in [0.29, 0.717) is 19.3 Å². The van der Waals surface area contributed by atoms with Crippen LogP contribution in [0.15, 0.2) is 0 Å². The highest BCUT2D eigenvalue weighted by Gasteiger charge is 2.45. The van der Waals surface area contributed by atoms with Crippen molar-refractivity contribution in [2.75, 3.05) is 13.2 Å². The number of unbranched alkanes of at least 4 members (excludes halogenated alkanes) is 22. The molecule has 12 nitrogen and oxygen atoms in total. The van der Waals surface area contributed by atoms with Crippen molar-refractivity contribution in [1.29, 1.82) is 0 Å². The van der Waals surface area contributed by atoms with Gasteiger partial charge in [0.25, 0.3) is 0 Å². The first-order valence-corrected chi connectivity index (χ1v) is 22.5. The topological polar surface area (TPSA) is 189 Å². The molecular formula is C43H84N2O10. The van der Waals surface area contributed by atoms with Crippen LogP contribution in [0.25, 0.3) is 0 Å². The molecule has 1 aliphatic rings. The minimum atomic E-state index is -1.69. The Bertz CT molecular complexity index is 928. The summed E-state index contributed by atoms with van der Waals surface area (Å²) in [7, 11) is 0. The van der Waals surface area contributed by atoms with E-state index in [1.165, 1.54) is 70.6 Å². The van der Waals surface area contributed by atoms with Crippen LogP contribution in [-0.2, 0) is 19.1 Å². The van der Waals surface area contributed by atoms with Gasteiger partial charge in [0, 0.05) is 12.8 Å². The number of rotatable bonds is 35. The molecule has 0 saturated carbocycles. The molecule has 1 rings (SSSR count). The highest BCUT2D eigenvalue weighted by molar-refractivity contribution is 5.82. The first-order chi connectivity index (χ1) is 26.6. The molecular weight excluding hydrogens is 704 g/mol. The number of hydrazine groups is 1. The van der Waals surface area contributed by atoms with Gasteiger partial charge in [0.2, 0.25) is 11.8 Å². The summed E-state index contributed by atoms with van der Waals surface area (Å²) in [5.41, 5.74) is 2.73. The van der Waals surface area contributed by atoms with E-state index in [-0.39, 0.29) is 25.2 Å². The zero-order valence-corrected chi connectivity index (χ0v) is 35.1. The molecule has 0 aromatic rings. The Hall–Kier alpha value is -1.38. The molecule has 2 amide bonds. The van der Waals surface area contributed by atoms with Gasteiger partial charge >= 0.3 is 0 Å². The quantitative estimate of drug-likeness (QED) is 0.0268. The fraction of sp³-hybridized carbons (Fsp3) is 0.953. The lowest BCUT2D eigenvalue weighted by molar-refractivity contribution is -0.305. The summed E-state index contributed by atoms with van der Waals surface area (Å²) in [6.07, 6.45) is 16.9. The van der Waals surface area contributed by atoms with Gasteiger partial charge in [-0.05, 0) is 19.3 Å². The number of carbonyl (C=O) groups excluding carboxylic acids is 2. The molecule has 1 saturated heterocycles. The molecule has 0 aromatic carbocycles. The van der Waals surface area contributed by atoms with Crippen LogP contribution in [0.1, 0.15) is 201 Å². The molecule has 1 aliphatic heterocycles. The van der Waals surface area contributed by atoms with Crippen LogP contribution in [0.5, 0.6) is 0 Å². The number of carbonyl (C=O) groups is 2. The molecule has 8 atom stereocenters. The lowest BCUT2D eigenvalue weighted by Crippen LogP contribution is -2.62. The summed E-state index contributed by atoms with van der Waals surface area (Å²) in [5, 5.41) is 64.9. The van der Waals surface area contributed by atoms with Crippen LogP contribution in [0, 0.1) is 0 Å². The maximum atomic E-state index is 13.9. The number of aliphatic hydroxyl groups is 6. The molecule has 0 radical (unpaired) electrons. The second-order valence-corrected chi connectivity index (χ2v) is 16.0. The van der Waals surface area contributed by atoms with Gasteiger partial charge in [-0.2, -0.15) is 0 Å². The van der Waals surface area contributed by atoms with E-state index >= 15 is 0 Å². The maximum absolute atomic E-state index is 13.9.